The maximum Gasteiger partial charge on any atom is 0.138 e. The van der Waals surface area contributed by atoms with Crippen molar-refractivity contribution in [3.8, 4) is 5.75 Å². The lowest BCUT2D eigenvalue weighted by Crippen LogP contribution is -2.08. The summed E-state index contributed by atoms with van der Waals surface area (Å²) in [5, 5.41) is 0.585. The van der Waals surface area contributed by atoms with E-state index in [1.54, 1.807) is 6.07 Å². The van der Waals surface area contributed by atoms with Gasteiger partial charge in [0.15, 0.2) is 0 Å². The van der Waals surface area contributed by atoms with Crippen molar-refractivity contribution in [1.29, 1.82) is 0 Å². The van der Waals surface area contributed by atoms with Crippen LogP contribution in [0.4, 0.5) is 0 Å². The molecule has 0 aliphatic carbocycles. The zero-order chi connectivity index (χ0) is 11.1. The highest BCUT2D eigenvalue weighted by molar-refractivity contribution is 9.10. The first kappa shape index (κ1) is 13.1. The molecule has 1 aromatic carbocycles. The monoisotopic (exact) mass is 312 g/mol. The Bertz CT molecular complexity index is 307. The highest BCUT2D eigenvalue weighted by Crippen LogP contribution is 2.27. The van der Waals surface area contributed by atoms with Crippen LogP contribution in [-0.4, -0.2) is 25.7 Å². The van der Waals surface area contributed by atoms with Crippen LogP contribution in [0.1, 0.15) is 0 Å². The minimum absolute atomic E-state index is 0.470. The highest BCUT2D eigenvalue weighted by atomic mass is 79.9. The van der Waals surface area contributed by atoms with E-state index < -0.39 is 0 Å². The van der Waals surface area contributed by atoms with E-state index in [4.69, 9.17) is 32.7 Å². The van der Waals surface area contributed by atoms with Crippen LogP contribution in [-0.2, 0) is 4.74 Å². The van der Waals surface area contributed by atoms with Crippen molar-refractivity contribution >= 4 is 39.1 Å². The fourth-order valence-electron chi connectivity index (χ4n) is 0.959. The number of ether oxygens (including phenoxy) is 2. The molecular weight excluding hydrogens is 303 g/mol. The lowest BCUT2D eigenvalue weighted by atomic mass is 10.3. The Morgan fingerprint density at radius 3 is 2.67 bits per heavy atom. The van der Waals surface area contributed by atoms with E-state index in [1.165, 1.54) is 0 Å². The minimum atomic E-state index is 0.470. The third kappa shape index (κ3) is 5.07. The SMILES string of the molecule is ClCCOCCOc1ccc(Br)cc1Cl. The van der Waals surface area contributed by atoms with Crippen molar-refractivity contribution in [3.05, 3.63) is 27.7 Å². The third-order valence-corrected chi connectivity index (χ3v) is 2.54. The Balaban J connectivity index is 2.31. The van der Waals surface area contributed by atoms with Crippen molar-refractivity contribution < 1.29 is 9.47 Å². The molecule has 0 aliphatic heterocycles. The molecule has 0 heterocycles. The van der Waals surface area contributed by atoms with Crippen LogP contribution in [0.3, 0.4) is 0 Å². The zero-order valence-corrected chi connectivity index (χ0v) is 11.1. The molecule has 1 aromatic rings. The van der Waals surface area contributed by atoms with Crippen molar-refractivity contribution in [3.63, 3.8) is 0 Å². The molecule has 0 aliphatic rings. The number of alkyl halides is 1. The lowest BCUT2D eigenvalue weighted by Gasteiger charge is -2.08. The predicted octanol–water partition coefficient (Wildman–Crippen LogP) is 3.74. The van der Waals surface area contributed by atoms with Crippen molar-refractivity contribution in [1.82, 2.24) is 0 Å². The van der Waals surface area contributed by atoms with Crippen LogP contribution in [0.2, 0.25) is 5.02 Å². The van der Waals surface area contributed by atoms with Crippen LogP contribution in [0.5, 0.6) is 5.75 Å². The average Bonchev–Trinajstić information content (AvgIpc) is 2.20. The molecule has 0 fully saturated rings. The maximum absolute atomic E-state index is 5.95. The van der Waals surface area contributed by atoms with Gasteiger partial charge < -0.3 is 9.47 Å². The molecule has 5 heteroatoms. The first-order valence-electron chi connectivity index (χ1n) is 4.45. The van der Waals surface area contributed by atoms with Gasteiger partial charge in [-0.1, -0.05) is 27.5 Å². The smallest absolute Gasteiger partial charge is 0.138 e. The largest absolute Gasteiger partial charge is 0.490 e. The standard InChI is InChI=1S/C10H11BrCl2O2/c11-8-1-2-10(9(13)7-8)15-6-5-14-4-3-12/h1-2,7H,3-6H2. The van der Waals surface area contributed by atoms with Gasteiger partial charge in [-0.05, 0) is 18.2 Å². The Morgan fingerprint density at radius 1 is 1.20 bits per heavy atom. The molecular formula is C10H11BrCl2O2. The Kier molecular flexibility index (Phi) is 6.41. The first-order chi connectivity index (χ1) is 7.24. The van der Waals surface area contributed by atoms with E-state index in [2.05, 4.69) is 15.9 Å². The van der Waals surface area contributed by atoms with Crippen LogP contribution in [0, 0.1) is 0 Å². The Labute approximate surface area is 108 Å². The Morgan fingerprint density at radius 2 is 2.00 bits per heavy atom. The molecule has 0 radical (unpaired) electrons. The van der Waals surface area contributed by atoms with Gasteiger partial charge in [0, 0.05) is 10.4 Å². The normalized spacial score (nSPS) is 10.3. The molecule has 1 rings (SSSR count). The summed E-state index contributed by atoms with van der Waals surface area (Å²) >= 11 is 14.7. The number of benzene rings is 1. The molecule has 2 nitrogen and oxygen atoms in total. The molecule has 84 valence electrons. The van der Waals surface area contributed by atoms with Crippen LogP contribution in [0.15, 0.2) is 22.7 Å². The topological polar surface area (TPSA) is 18.5 Å². The summed E-state index contributed by atoms with van der Waals surface area (Å²) in [5.74, 6) is 1.16. The van der Waals surface area contributed by atoms with E-state index in [0.717, 1.165) is 4.47 Å². The fraction of sp³-hybridized carbons (Fsp3) is 0.400. The molecule has 0 N–H and O–H groups in total. The first-order valence-corrected chi connectivity index (χ1v) is 6.16. The Hall–Kier alpha value is 0.0400. The second kappa shape index (κ2) is 7.34. The number of halogens is 3. The van der Waals surface area contributed by atoms with Gasteiger partial charge in [0.1, 0.15) is 12.4 Å². The second-order valence-corrected chi connectivity index (χ2v) is 4.43. The quantitative estimate of drug-likeness (QED) is 0.588. The summed E-state index contributed by atoms with van der Waals surface area (Å²) in [6.07, 6.45) is 0. The van der Waals surface area contributed by atoms with Crippen molar-refractivity contribution in [2.75, 3.05) is 25.7 Å². The molecule has 15 heavy (non-hydrogen) atoms. The average molecular weight is 314 g/mol. The fourth-order valence-corrected chi connectivity index (χ4v) is 1.80. The summed E-state index contributed by atoms with van der Waals surface area (Å²) in [7, 11) is 0. The van der Waals surface area contributed by atoms with Crippen molar-refractivity contribution in [2.45, 2.75) is 0 Å². The number of hydrogen-bond donors (Lipinski definition) is 0. The minimum Gasteiger partial charge on any atom is -0.490 e. The van der Waals surface area contributed by atoms with E-state index >= 15 is 0 Å². The van der Waals surface area contributed by atoms with E-state index in [1.807, 2.05) is 12.1 Å². The molecule has 0 unspecified atom stereocenters. The molecule has 0 atom stereocenters. The lowest BCUT2D eigenvalue weighted by molar-refractivity contribution is 0.111. The summed E-state index contributed by atoms with van der Waals surface area (Å²) < 4.78 is 11.5. The van der Waals surface area contributed by atoms with Crippen molar-refractivity contribution in [2.24, 2.45) is 0 Å². The molecule has 0 saturated carbocycles. The predicted molar refractivity (Wildman–Crippen MR) is 66.2 cm³/mol. The number of rotatable bonds is 6. The number of hydrogen-bond acceptors (Lipinski definition) is 2. The summed E-state index contributed by atoms with van der Waals surface area (Å²) in [6.45, 7) is 1.52. The zero-order valence-electron chi connectivity index (χ0n) is 8.01. The summed E-state index contributed by atoms with van der Waals surface area (Å²) in [5.41, 5.74) is 0. The molecule has 0 spiro atoms. The summed E-state index contributed by atoms with van der Waals surface area (Å²) in [6, 6.07) is 5.48. The van der Waals surface area contributed by atoms with Gasteiger partial charge in [0.05, 0.1) is 18.2 Å². The van der Waals surface area contributed by atoms with Gasteiger partial charge in [-0.3, -0.25) is 0 Å². The van der Waals surface area contributed by atoms with Gasteiger partial charge in [-0.25, -0.2) is 0 Å². The van der Waals surface area contributed by atoms with Crippen LogP contribution >= 0.6 is 39.1 Å². The van der Waals surface area contributed by atoms with E-state index in [0.29, 0.717) is 36.5 Å². The van der Waals surface area contributed by atoms with Crippen LogP contribution in [0.25, 0.3) is 0 Å². The third-order valence-electron chi connectivity index (χ3n) is 1.60. The van der Waals surface area contributed by atoms with Gasteiger partial charge in [0.25, 0.3) is 0 Å². The molecule has 0 bridgehead atoms. The van der Waals surface area contributed by atoms with Gasteiger partial charge >= 0.3 is 0 Å². The van der Waals surface area contributed by atoms with Gasteiger partial charge in [-0.15, -0.1) is 11.6 Å². The maximum atomic E-state index is 5.95. The van der Waals surface area contributed by atoms with E-state index in [-0.39, 0.29) is 0 Å². The molecule has 0 saturated heterocycles. The summed E-state index contributed by atoms with van der Waals surface area (Å²) in [4.78, 5) is 0. The highest BCUT2D eigenvalue weighted by Gasteiger charge is 2.01. The molecule has 0 aromatic heterocycles. The second-order valence-electron chi connectivity index (χ2n) is 2.72. The van der Waals surface area contributed by atoms with Crippen LogP contribution < -0.4 is 4.74 Å². The van der Waals surface area contributed by atoms with E-state index in [9.17, 15) is 0 Å². The van der Waals surface area contributed by atoms with Gasteiger partial charge in [-0.2, -0.15) is 0 Å². The van der Waals surface area contributed by atoms with Gasteiger partial charge in [0.2, 0.25) is 0 Å². The molecule has 0 amide bonds.